The first-order chi connectivity index (χ1) is 17.6. The van der Waals surface area contributed by atoms with Crippen LogP contribution in [0.5, 0.6) is 17.2 Å². The average Bonchev–Trinajstić information content (AvgIpc) is 3.14. The summed E-state index contributed by atoms with van der Waals surface area (Å²) in [6, 6.07) is 17.5. The average molecular weight is 502 g/mol. The van der Waals surface area contributed by atoms with E-state index in [0.29, 0.717) is 29.2 Å². The molecule has 4 rings (SSSR count). The predicted octanol–water partition coefficient (Wildman–Crippen LogP) is 5.72. The van der Waals surface area contributed by atoms with E-state index in [4.69, 9.17) is 9.47 Å². The molecule has 1 saturated heterocycles. The van der Waals surface area contributed by atoms with Crippen molar-refractivity contribution < 1.29 is 29.3 Å². The first-order valence-corrected chi connectivity index (χ1v) is 12.1. The molecule has 0 bridgehead atoms. The maximum Gasteiger partial charge on any atom is 0.300 e. The van der Waals surface area contributed by atoms with Crippen LogP contribution in [0.25, 0.3) is 5.76 Å². The van der Waals surface area contributed by atoms with Gasteiger partial charge in [-0.15, -0.1) is 0 Å². The highest BCUT2D eigenvalue weighted by molar-refractivity contribution is 6.51. The van der Waals surface area contributed by atoms with Gasteiger partial charge in [0.15, 0.2) is 0 Å². The molecule has 1 atom stereocenters. The van der Waals surface area contributed by atoms with E-state index in [-0.39, 0.29) is 28.2 Å². The fraction of sp³-hybridized carbons (Fsp3) is 0.267. The number of hydrogen-bond acceptors (Lipinski definition) is 6. The van der Waals surface area contributed by atoms with Gasteiger partial charge in [0.1, 0.15) is 23.0 Å². The van der Waals surface area contributed by atoms with Crippen LogP contribution in [-0.2, 0) is 15.0 Å². The van der Waals surface area contributed by atoms with E-state index >= 15 is 0 Å². The summed E-state index contributed by atoms with van der Waals surface area (Å²) in [6.45, 7) is 8.47. The molecule has 7 nitrogen and oxygen atoms in total. The number of aliphatic hydroxyl groups excluding tert-OH is 1. The summed E-state index contributed by atoms with van der Waals surface area (Å²) >= 11 is 0. The topological polar surface area (TPSA) is 96.3 Å². The second kappa shape index (κ2) is 10.0. The third-order valence-corrected chi connectivity index (χ3v) is 6.36. The number of carbonyl (C=O) groups is 2. The van der Waals surface area contributed by atoms with Crippen LogP contribution in [0.3, 0.4) is 0 Å². The van der Waals surface area contributed by atoms with E-state index in [1.54, 1.807) is 60.7 Å². The van der Waals surface area contributed by atoms with Crippen LogP contribution in [0.2, 0.25) is 0 Å². The number of rotatable bonds is 6. The van der Waals surface area contributed by atoms with Crippen molar-refractivity contribution >= 4 is 23.1 Å². The van der Waals surface area contributed by atoms with Crippen molar-refractivity contribution in [2.24, 2.45) is 0 Å². The van der Waals surface area contributed by atoms with Gasteiger partial charge < -0.3 is 19.7 Å². The number of hydrogen-bond donors (Lipinski definition) is 2. The van der Waals surface area contributed by atoms with Gasteiger partial charge in [0, 0.05) is 11.1 Å². The van der Waals surface area contributed by atoms with Gasteiger partial charge in [0.05, 0.1) is 31.0 Å². The molecular formula is C30H31NO6. The molecule has 7 heteroatoms. The monoisotopic (exact) mass is 501 g/mol. The molecule has 1 unspecified atom stereocenters. The molecule has 1 aliphatic heterocycles. The molecule has 0 aliphatic carbocycles. The molecule has 0 aromatic heterocycles. The number of methoxy groups -OCH3 is 1. The summed E-state index contributed by atoms with van der Waals surface area (Å²) < 4.78 is 11.2. The Balaban J connectivity index is 1.98. The van der Waals surface area contributed by atoms with Crippen molar-refractivity contribution in [1.29, 1.82) is 0 Å². The number of Topliss-reactive ketones (excluding diaryl/α,β-unsaturated/α-hetero) is 1. The lowest BCUT2D eigenvalue weighted by atomic mass is 9.84. The number of amides is 1. The molecule has 0 spiro atoms. The van der Waals surface area contributed by atoms with Gasteiger partial charge in [-0.25, -0.2) is 0 Å². The highest BCUT2D eigenvalue weighted by Crippen LogP contribution is 2.45. The minimum absolute atomic E-state index is 0.0782. The molecule has 1 heterocycles. The van der Waals surface area contributed by atoms with Crippen molar-refractivity contribution in [3.8, 4) is 17.2 Å². The smallest absolute Gasteiger partial charge is 0.300 e. The molecule has 37 heavy (non-hydrogen) atoms. The number of benzene rings is 3. The Morgan fingerprint density at radius 2 is 1.73 bits per heavy atom. The zero-order valence-electron chi connectivity index (χ0n) is 21.6. The van der Waals surface area contributed by atoms with Crippen molar-refractivity contribution in [3.05, 3.63) is 89.0 Å². The number of para-hydroxylation sites is 2. The van der Waals surface area contributed by atoms with Crippen LogP contribution in [-0.4, -0.2) is 35.6 Å². The summed E-state index contributed by atoms with van der Waals surface area (Å²) in [6.07, 6.45) is 0. The van der Waals surface area contributed by atoms with Crippen LogP contribution in [0.4, 0.5) is 5.69 Å². The first-order valence-electron chi connectivity index (χ1n) is 12.1. The minimum Gasteiger partial charge on any atom is -0.507 e. The van der Waals surface area contributed by atoms with Gasteiger partial charge in [-0.3, -0.25) is 14.5 Å². The van der Waals surface area contributed by atoms with Gasteiger partial charge >= 0.3 is 0 Å². The molecule has 1 aliphatic rings. The molecule has 3 aromatic rings. The number of ether oxygens (including phenoxy) is 2. The van der Waals surface area contributed by atoms with Crippen LogP contribution in [0.15, 0.2) is 72.3 Å². The number of ketones is 1. The Bertz CT molecular complexity index is 1380. The quantitative estimate of drug-likeness (QED) is 0.255. The summed E-state index contributed by atoms with van der Waals surface area (Å²) in [7, 11) is 1.52. The molecular weight excluding hydrogens is 470 g/mol. The second-order valence-electron chi connectivity index (χ2n) is 9.83. The van der Waals surface area contributed by atoms with E-state index < -0.39 is 17.7 Å². The molecule has 192 valence electrons. The molecule has 2 N–H and O–H groups in total. The Morgan fingerprint density at radius 3 is 2.38 bits per heavy atom. The van der Waals surface area contributed by atoms with Gasteiger partial charge in [-0.2, -0.15) is 0 Å². The highest BCUT2D eigenvalue weighted by Gasteiger charge is 2.47. The second-order valence-corrected chi connectivity index (χ2v) is 9.83. The van der Waals surface area contributed by atoms with Crippen molar-refractivity contribution in [2.75, 3.05) is 18.6 Å². The summed E-state index contributed by atoms with van der Waals surface area (Å²) in [5, 5.41) is 22.1. The normalized spacial score (nSPS) is 17.2. The lowest BCUT2D eigenvalue weighted by molar-refractivity contribution is -0.132. The van der Waals surface area contributed by atoms with Crippen LogP contribution in [0.1, 0.15) is 50.4 Å². The first kappa shape index (κ1) is 25.8. The lowest BCUT2D eigenvalue weighted by Gasteiger charge is -2.26. The molecule has 3 aromatic carbocycles. The van der Waals surface area contributed by atoms with Gasteiger partial charge in [-0.1, -0.05) is 45.0 Å². The minimum atomic E-state index is -0.993. The van der Waals surface area contributed by atoms with E-state index in [1.807, 2.05) is 27.7 Å². The SMILES string of the molecule is CCOc1ccc(/C(O)=C2/C(=O)C(=O)N(c3ccccc3O)C2c2cccc(OC)c2)cc1C(C)(C)C. The van der Waals surface area contributed by atoms with Crippen molar-refractivity contribution in [3.63, 3.8) is 0 Å². The zero-order valence-corrected chi connectivity index (χ0v) is 21.6. The van der Waals surface area contributed by atoms with E-state index in [2.05, 4.69) is 0 Å². The fourth-order valence-electron chi connectivity index (χ4n) is 4.58. The van der Waals surface area contributed by atoms with Gasteiger partial charge in [-0.05, 0) is 60.4 Å². The third-order valence-electron chi connectivity index (χ3n) is 6.36. The number of aromatic hydroxyl groups is 1. The Labute approximate surface area is 216 Å². The Kier molecular flexibility index (Phi) is 6.99. The van der Waals surface area contributed by atoms with Gasteiger partial charge in [0.25, 0.3) is 11.7 Å². The molecule has 1 amide bonds. The fourth-order valence-corrected chi connectivity index (χ4v) is 4.58. The standard InChI is InChI=1S/C30H31NO6/c1-6-37-24-15-14-19(17-21(24)30(2,3)4)27(33)25-26(18-10-9-11-20(16-18)36-5)31(29(35)28(25)34)22-12-7-8-13-23(22)32/h7-17,26,32-33H,6H2,1-5H3/b27-25-. The van der Waals surface area contributed by atoms with E-state index in [0.717, 1.165) is 5.56 Å². The number of anilines is 1. The molecule has 0 radical (unpaired) electrons. The summed E-state index contributed by atoms with van der Waals surface area (Å²) in [4.78, 5) is 28.1. The number of carbonyl (C=O) groups excluding carboxylic acids is 2. The number of phenols is 1. The van der Waals surface area contributed by atoms with Crippen LogP contribution < -0.4 is 14.4 Å². The zero-order chi connectivity index (χ0) is 26.9. The van der Waals surface area contributed by atoms with Crippen molar-refractivity contribution in [2.45, 2.75) is 39.2 Å². The summed E-state index contributed by atoms with van der Waals surface area (Å²) in [5.74, 6) is -0.953. The predicted molar refractivity (Wildman–Crippen MR) is 142 cm³/mol. The Hall–Kier alpha value is -4.26. The van der Waals surface area contributed by atoms with E-state index in [1.165, 1.54) is 18.1 Å². The third kappa shape index (κ3) is 4.77. The maximum absolute atomic E-state index is 13.5. The highest BCUT2D eigenvalue weighted by atomic mass is 16.5. The van der Waals surface area contributed by atoms with Crippen molar-refractivity contribution in [1.82, 2.24) is 0 Å². The van der Waals surface area contributed by atoms with Crippen LogP contribution >= 0.6 is 0 Å². The Morgan fingerprint density at radius 1 is 1.00 bits per heavy atom. The van der Waals surface area contributed by atoms with Crippen LogP contribution in [0, 0.1) is 0 Å². The molecule has 0 saturated carbocycles. The van der Waals surface area contributed by atoms with Gasteiger partial charge in [0.2, 0.25) is 0 Å². The number of aliphatic hydroxyl groups is 1. The summed E-state index contributed by atoms with van der Waals surface area (Å²) in [5.41, 5.74) is 1.56. The number of phenolic OH excluding ortho intramolecular Hbond substituents is 1. The molecule has 1 fully saturated rings. The van der Waals surface area contributed by atoms with E-state index in [9.17, 15) is 19.8 Å². The maximum atomic E-state index is 13.5. The largest absolute Gasteiger partial charge is 0.507 e. The lowest BCUT2D eigenvalue weighted by Crippen LogP contribution is -2.29. The number of nitrogens with zero attached hydrogens (tertiary/aromatic N) is 1.